The maximum Gasteiger partial charge on any atom is 0.271 e. The Hall–Kier alpha value is -2.95. The van der Waals surface area contributed by atoms with Crippen LogP contribution >= 0.6 is 0 Å². The van der Waals surface area contributed by atoms with Gasteiger partial charge in [-0.3, -0.25) is 9.59 Å². The smallest absolute Gasteiger partial charge is 0.271 e. The molecule has 2 amide bonds. The second-order valence-electron chi connectivity index (χ2n) is 6.33. The van der Waals surface area contributed by atoms with Crippen molar-refractivity contribution in [3.63, 3.8) is 0 Å². The summed E-state index contributed by atoms with van der Waals surface area (Å²) in [6.07, 6.45) is 2.90. The fourth-order valence-electron chi connectivity index (χ4n) is 3.01. The second-order valence-corrected chi connectivity index (χ2v) is 6.33. The van der Waals surface area contributed by atoms with E-state index in [-0.39, 0.29) is 11.8 Å². The maximum absolute atomic E-state index is 12.4. The van der Waals surface area contributed by atoms with Crippen molar-refractivity contribution in [2.24, 2.45) is 5.10 Å². The summed E-state index contributed by atoms with van der Waals surface area (Å²) in [5.74, 6) is -0.158. The van der Waals surface area contributed by atoms with Gasteiger partial charge in [0.05, 0.1) is 0 Å². The van der Waals surface area contributed by atoms with Gasteiger partial charge in [-0.2, -0.15) is 5.10 Å². The highest BCUT2D eigenvalue weighted by atomic mass is 16.2. The van der Waals surface area contributed by atoms with E-state index < -0.39 is 0 Å². The van der Waals surface area contributed by atoms with Crippen molar-refractivity contribution >= 4 is 23.2 Å². The molecule has 2 aromatic rings. The number of nitrogens with zero attached hydrogens (tertiary/aromatic N) is 2. The maximum atomic E-state index is 12.4. The van der Waals surface area contributed by atoms with Crippen LogP contribution in [0, 0.1) is 0 Å². The first-order chi connectivity index (χ1) is 12.7. The molecule has 0 unspecified atom stereocenters. The van der Waals surface area contributed by atoms with E-state index in [1.54, 1.807) is 23.1 Å². The number of nitrogens with one attached hydrogen (secondary N) is 1. The summed E-state index contributed by atoms with van der Waals surface area (Å²) in [6.45, 7) is 2.73. The van der Waals surface area contributed by atoms with Gasteiger partial charge in [-0.05, 0) is 36.6 Å². The van der Waals surface area contributed by atoms with E-state index in [9.17, 15) is 9.59 Å². The molecule has 0 bridgehead atoms. The minimum absolute atomic E-state index is 0.108. The van der Waals surface area contributed by atoms with Crippen molar-refractivity contribution in [3.05, 3.63) is 65.7 Å². The Morgan fingerprint density at radius 3 is 2.65 bits per heavy atom. The standard InChI is InChI=1S/C21H23N3O2/c1-2-18(14-16-8-4-3-5-9-16)22-23-21(26)17-10-6-11-19(15-17)24-13-7-12-20(24)25/h3-6,8-11,15H,2,7,12-14H2,1H3,(H,23,26)/b22-18-. The highest BCUT2D eigenvalue weighted by Crippen LogP contribution is 2.22. The number of benzene rings is 2. The van der Waals surface area contributed by atoms with Gasteiger partial charge in [-0.25, -0.2) is 5.43 Å². The molecule has 1 N–H and O–H groups in total. The number of amides is 2. The quantitative estimate of drug-likeness (QED) is 0.640. The third-order valence-electron chi connectivity index (χ3n) is 4.47. The lowest BCUT2D eigenvalue weighted by Crippen LogP contribution is -2.25. The highest BCUT2D eigenvalue weighted by Gasteiger charge is 2.22. The predicted octanol–water partition coefficient (Wildman–Crippen LogP) is 3.55. The average molecular weight is 349 g/mol. The molecule has 0 radical (unpaired) electrons. The second kappa shape index (κ2) is 8.43. The van der Waals surface area contributed by atoms with Gasteiger partial charge >= 0.3 is 0 Å². The summed E-state index contributed by atoms with van der Waals surface area (Å²) in [7, 11) is 0. The van der Waals surface area contributed by atoms with Gasteiger partial charge in [0, 0.05) is 36.3 Å². The van der Waals surface area contributed by atoms with E-state index in [2.05, 4.69) is 10.5 Å². The molecule has 5 heteroatoms. The number of rotatable bonds is 6. The van der Waals surface area contributed by atoms with Crippen LogP contribution in [-0.4, -0.2) is 24.1 Å². The van der Waals surface area contributed by atoms with Crippen molar-refractivity contribution in [1.82, 2.24) is 5.43 Å². The number of hydrogen-bond donors (Lipinski definition) is 1. The zero-order valence-electron chi connectivity index (χ0n) is 14.9. The Labute approximate surface area is 153 Å². The normalized spacial score (nSPS) is 14.6. The molecule has 0 atom stereocenters. The van der Waals surface area contributed by atoms with E-state index >= 15 is 0 Å². The number of anilines is 1. The van der Waals surface area contributed by atoms with Crippen LogP contribution in [0.25, 0.3) is 0 Å². The molecule has 0 aliphatic carbocycles. The van der Waals surface area contributed by atoms with Crippen LogP contribution in [0.4, 0.5) is 5.69 Å². The number of carbonyl (C=O) groups excluding carboxylic acids is 2. The molecule has 1 fully saturated rings. The molecule has 0 spiro atoms. The lowest BCUT2D eigenvalue weighted by molar-refractivity contribution is -0.117. The van der Waals surface area contributed by atoms with E-state index in [0.29, 0.717) is 24.9 Å². The molecule has 0 aromatic heterocycles. The first-order valence-corrected chi connectivity index (χ1v) is 8.97. The zero-order valence-corrected chi connectivity index (χ0v) is 14.9. The zero-order chi connectivity index (χ0) is 18.4. The third kappa shape index (κ3) is 4.36. The summed E-state index contributed by atoms with van der Waals surface area (Å²) in [4.78, 5) is 26.1. The van der Waals surface area contributed by atoms with Gasteiger partial charge < -0.3 is 4.90 Å². The first kappa shape index (κ1) is 17.9. The van der Waals surface area contributed by atoms with Gasteiger partial charge in [0.2, 0.25) is 5.91 Å². The van der Waals surface area contributed by atoms with Gasteiger partial charge in [0.25, 0.3) is 5.91 Å². The molecule has 2 aromatic carbocycles. The molecule has 1 saturated heterocycles. The minimum atomic E-state index is -0.266. The van der Waals surface area contributed by atoms with E-state index in [1.165, 1.54) is 0 Å². The van der Waals surface area contributed by atoms with Crippen LogP contribution in [-0.2, 0) is 11.2 Å². The van der Waals surface area contributed by atoms with E-state index in [0.717, 1.165) is 29.8 Å². The van der Waals surface area contributed by atoms with E-state index in [4.69, 9.17) is 0 Å². The molecular formula is C21H23N3O2. The number of hydrogen-bond acceptors (Lipinski definition) is 3. The summed E-state index contributed by atoms with van der Waals surface area (Å²) in [6, 6.07) is 17.2. The van der Waals surface area contributed by atoms with Gasteiger partial charge in [0.1, 0.15) is 0 Å². The molecule has 0 saturated carbocycles. The fraction of sp³-hybridized carbons (Fsp3) is 0.286. The molecule has 1 heterocycles. The Balaban J connectivity index is 1.68. The molecule has 134 valence electrons. The molecule has 1 aliphatic rings. The summed E-state index contributed by atoms with van der Waals surface area (Å²) in [5, 5.41) is 4.29. The first-order valence-electron chi connectivity index (χ1n) is 8.97. The van der Waals surface area contributed by atoms with Crippen LogP contribution in [0.3, 0.4) is 0 Å². The van der Waals surface area contributed by atoms with E-state index in [1.807, 2.05) is 43.3 Å². The SMILES string of the molecule is CC/C(Cc1ccccc1)=N/NC(=O)c1cccc(N2CCCC2=O)c1. The third-order valence-corrected chi connectivity index (χ3v) is 4.47. The van der Waals surface area contributed by atoms with Crippen LogP contribution in [0.5, 0.6) is 0 Å². The number of carbonyl (C=O) groups is 2. The largest absolute Gasteiger partial charge is 0.312 e. The van der Waals surface area contributed by atoms with Crippen LogP contribution in [0.15, 0.2) is 59.7 Å². The monoisotopic (exact) mass is 349 g/mol. The summed E-state index contributed by atoms with van der Waals surface area (Å²) < 4.78 is 0. The Kier molecular flexibility index (Phi) is 5.79. The van der Waals surface area contributed by atoms with Gasteiger partial charge in [-0.1, -0.05) is 43.3 Å². The minimum Gasteiger partial charge on any atom is -0.312 e. The van der Waals surface area contributed by atoms with Crippen molar-refractivity contribution in [1.29, 1.82) is 0 Å². The lowest BCUT2D eigenvalue weighted by Gasteiger charge is -2.16. The molecule has 26 heavy (non-hydrogen) atoms. The van der Waals surface area contributed by atoms with Gasteiger partial charge in [-0.15, -0.1) is 0 Å². The molecular weight excluding hydrogens is 326 g/mol. The Bertz CT molecular complexity index is 815. The Morgan fingerprint density at radius 2 is 1.96 bits per heavy atom. The number of hydrazone groups is 1. The highest BCUT2D eigenvalue weighted by molar-refractivity contribution is 5.99. The van der Waals surface area contributed by atoms with Crippen LogP contribution in [0.1, 0.15) is 42.1 Å². The van der Waals surface area contributed by atoms with Crippen molar-refractivity contribution in [3.8, 4) is 0 Å². The lowest BCUT2D eigenvalue weighted by atomic mass is 10.1. The van der Waals surface area contributed by atoms with Crippen LogP contribution in [0.2, 0.25) is 0 Å². The molecule has 1 aliphatic heterocycles. The topological polar surface area (TPSA) is 61.8 Å². The van der Waals surface area contributed by atoms with Gasteiger partial charge in [0.15, 0.2) is 0 Å². The van der Waals surface area contributed by atoms with Crippen molar-refractivity contribution < 1.29 is 9.59 Å². The average Bonchev–Trinajstić information content (AvgIpc) is 3.11. The molecule has 3 rings (SSSR count). The van der Waals surface area contributed by atoms with Crippen molar-refractivity contribution in [2.75, 3.05) is 11.4 Å². The van der Waals surface area contributed by atoms with Crippen molar-refractivity contribution in [2.45, 2.75) is 32.6 Å². The fourth-order valence-corrected chi connectivity index (χ4v) is 3.01. The molecule has 5 nitrogen and oxygen atoms in total. The predicted molar refractivity (Wildman–Crippen MR) is 103 cm³/mol. The summed E-state index contributed by atoms with van der Waals surface area (Å²) >= 11 is 0. The van der Waals surface area contributed by atoms with Crippen LogP contribution < -0.4 is 10.3 Å². The summed E-state index contributed by atoms with van der Waals surface area (Å²) in [5.41, 5.74) is 5.99. The Morgan fingerprint density at radius 1 is 1.15 bits per heavy atom.